The third-order valence-electron chi connectivity index (χ3n) is 3.21. The molecule has 0 bridgehead atoms. The highest BCUT2D eigenvalue weighted by Crippen LogP contribution is 2.27. The summed E-state index contributed by atoms with van der Waals surface area (Å²) in [6.07, 6.45) is 1.82. The molecule has 0 aliphatic carbocycles. The van der Waals surface area contributed by atoms with Crippen molar-refractivity contribution in [3.05, 3.63) is 23.8 Å². The fourth-order valence-electron chi connectivity index (χ4n) is 2.05. The van der Waals surface area contributed by atoms with E-state index in [0.29, 0.717) is 18.8 Å². The third-order valence-corrected chi connectivity index (χ3v) is 5.09. The second-order valence-electron chi connectivity index (χ2n) is 4.99. The number of sulfonamides is 1. The van der Waals surface area contributed by atoms with Gasteiger partial charge in [0.2, 0.25) is 10.0 Å². The van der Waals surface area contributed by atoms with Gasteiger partial charge in [-0.05, 0) is 37.1 Å². The Balaban J connectivity index is 3.10. The largest absolute Gasteiger partial charge is 0.495 e. The van der Waals surface area contributed by atoms with Crippen LogP contribution >= 0.6 is 0 Å². The number of nitrogens with one attached hydrogen (secondary N) is 1. The lowest BCUT2D eigenvalue weighted by atomic mass is 10.2. The molecule has 0 radical (unpaired) electrons. The Morgan fingerprint density at radius 2 is 1.95 bits per heavy atom. The summed E-state index contributed by atoms with van der Waals surface area (Å²) in [5, 5.41) is 3.27. The number of hydrogen-bond acceptors (Lipinski definition) is 4. The average Bonchev–Trinajstić information content (AvgIpc) is 2.47. The summed E-state index contributed by atoms with van der Waals surface area (Å²) in [5.41, 5.74) is 0.938. The summed E-state index contributed by atoms with van der Waals surface area (Å²) in [4.78, 5) is 0.233. The third kappa shape index (κ3) is 4.69. The molecule has 5 nitrogen and oxygen atoms in total. The van der Waals surface area contributed by atoms with Crippen LogP contribution in [-0.4, -0.2) is 40.0 Å². The van der Waals surface area contributed by atoms with E-state index in [9.17, 15) is 8.42 Å². The molecule has 0 amide bonds. The number of methoxy groups -OCH3 is 1. The van der Waals surface area contributed by atoms with Crippen LogP contribution in [0.25, 0.3) is 0 Å². The summed E-state index contributed by atoms with van der Waals surface area (Å²) < 4.78 is 31.8. The minimum absolute atomic E-state index is 0.233. The number of rotatable bonds is 9. The molecule has 0 saturated carbocycles. The van der Waals surface area contributed by atoms with Gasteiger partial charge in [0.15, 0.2) is 0 Å². The van der Waals surface area contributed by atoms with Gasteiger partial charge in [0.05, 0.1) is 7.11 Å². The van der Waals surface area contributed by atoms with Crippen LogP contribution in [0.2, 0.25) is 0 Å². The molecule has 0 spiro atoms. The first-order valence-electron chi connectivity index (χ1n) is 7.31. The topological polar surface area (TPSA) is 58.6 Å². The Morgan fingerprint density at radius 1 is 1.24 bits per heavy atom. The van der Waals surface area contributed by atoms with Crippen molar-refractivity contribution in [2.45, 2.75) is 38.1 Å². The van der Waals surface area contributed by atoms with E-state index >= 15 is 0 Å². The van der Waals surface area contributed by atoms with Crippen LogP contribution in [0.3, 0.4) is 0 Å². The van der Waals surface area contributed by atoms with Crippen molar-refractivity contribution in [1.82, 2.24) is 9.62 Å². The Labute approximate surface area is 128 Å². The Morgan fingerprint density at radius 3 is 2.52 bits per heavy atom. The van der Waals surface area contributed by atoms with Crippen molar-refractivity contribution in [3.63, 3.8) is 0 Å². The van der Waals surface area contributed by atoms with Crippen molar-refractivity contribution in [3.8, 4) is 5.75 Å². The zero-order chi connectivity index (χ0) is 15.9. The molecule has 6 heteroatoms. The summed E-state index contributed by atoms with van der Waals surface area (Å²) in [5.74, 6) is 0.386. The maximum absolute atomic E-state index is 12.6. The van der Waals surface area contributed by atoms with Gasteiger partial charge < -0.3 is 10.1 Å². The van der Waals surface area contributed by atoms with Crippen LogP contribution in [0.4, 0.5) is 0 Å². The first kappa shape index (κ1) is 17.9. The van der Waals surface area contributed by atoms with Crippen molar-refractivity contribution < 1.29 is 13.2 Å². The molecule has 0 saturated heterocycles. The summed E-state index contributed by atoms with van der Waals surface area (Å²) in [6, 6.07) is 5.30. The number of benzene rings is 1. The SMILES string of the molecule is CCCNCc1ccc(OC)c(S(=O)(=O)N(C)CCC)c1. The molecule has 0 aromatic heterocycles. The van der Waals surface area contributed by atoms with Crippen LogP contribution in [-0.2, 0) is 16.6 Å². The lowest BCUT2D eigenvalue weighted by molar-refractivity contribution is 0.397. The Hall–Kier alpha value is -1.11. The van der Waals surface area contributed by atoms with E-state index in [2.05, 4.69) is 12.2 Å². The van der Waals surface area contributed by atoms with Crippen LogP contribution in [0, 0.1) is 0 Å². The molecule has 0 aliphatic heterocycles. The molecule has 1 aromatic rings. The molecule has 1 rings (SSSR count). The highest BCUT2D eigenvalue weighted by Gasteiger charge is 2.24. The highest BCUT2D eigenvalue weighted by molar-refractivity contribution is 7.89. The van der Waals surface area contributed by atoms with Gasteiger partial charge in [0.25, 0.3) is 0 Å². The van der Waals surface area contributed by atoms with Crippen LogP contribution in [0.1, 0.15) is 32.3 Å². The number of hydrogen-bond donors (Lipinski definition) is 1. The quantitative estimate of drug-likeness (QED) is 0.710. The first-order valence-corrected chi connectivity index (χ1v) is 8.75. The van der Waals surface area contributed by atoms with Crippen LogP contribution < -0.4 is 10.1 Å². The van der Waals surface area contributed by atoms with Gasteiger partial charge in [0, 0.05) is 20.1 Å². The highest BCUT2D eigenvalue weighted by atomic mass is 32.2. The molecule has 21 heavy (non-hydrogen) atoms. The molecule has 1 N–H and O–H groups in total. The molecule has 0 aliphatic rings. The fourth-order valence-corrected chi connectivity index (χ4v) is 3.51. The van der Waals surface area contributed by atoms with E-state index in [-0.39, 0.29) is 4.90 Å². The van der Waals surface area contributed by atoms with Gasteiger partial charge in [-0.2, -0.15) is 0 Å². The van der Waals surface area contributed by atoms with E-state index in [1.807, 2.05) is 13.0 Å². The van der Waals surface area contributed by atoms with Crippen molar-refractivity contribution in [2.75, 3.05) is 27.2 Å². The van der Waals surface area contributed by atoms with Gasteiger partial charge in [-0.3, -0.25) is 0 Å². The predicted molar refractivity (Wildman–Crippen MR) is 85.1 cm³/mol. The van der Waals surface area contributed by atoms with Gasteiger partial charge in [-0.1, -0.05) is 19.9 Å². The molecule has 1 aromatic carbocycles. The average molecular weight is 314 g/mol. The van der Waals surface area contributed by atoms with E-state index in [4.69, 9.17) is 4.74 Å². The first-order chi connectivity index (χ1) is 9.97. The smallest absolute Gasteiger partial charge is 0.246 e. The van der Waals surface area contributed by atoms with Gasteiger partial charge in [0.1, 0.15) is 10.6 Å². The van der Waals surface area contributed by atoms with E-state index in [1.165, 1.54) is 11.4 Å². The second-order valence-corrected chi connectivity index (χ2v) is 7.00. The summed E-state index contributed by atoms with van der Waals surface area (Å²) in [7, 11) is -0.430. The standard InChI is InChI=1S/C15H26N2O3S/c1-5-9-16-12-13-7-8-14(20-4)15(11-13)21(18,19)17(3)10-6-2/h7-8,11,16H,5-6,9-10,12H2,1-4H3. The van der Waals surface area contributed by atoms with Gasteiger partial charge >= 0.3 is 0 Å². The summed E-state index contributed by atoms with van der Waals surface area (Å²) in [6.45, 7) is 6.09. The fraction of sp³-hybridized carbons (Fsp3) is 0.600. The monoisotopic (exact) mass is 314 g/mol. The second kappa shape index (κ2) is 8.36. The summed E-state index contributed by atoms with van der Waals surface area (Å²) >= 11 is 0. The molecule has 0 atom stereocenters. The molecule has 0 heterocycles. The van der Waals surface area contributed by atoms with E-state index < -0.39 is 10.0 Å². The molecule has 120 valence electrons. The zero-order valence-electron chi connectivity index (χ0n) is 13.3. The lowest BCUT2D eigenvalue weighted by Crippen LogP contribution is -2.28. The minimum Gasteiger partial charge on any atom is -0.495 e. The number of ether oxygens (including phenoxy) is 1. The molecule has 0 fully saturated rings. The maximum Gasteiger partial charge on any atom is 0.246 e. The minimum atomic E-state index is -3.52. The Bertz CT molecular complexity index is 544. The van der Waals surface area contributed by atoms with Crippen LogP contribution in [0.15, 0.2) is 23.1 Å². The molecule has 0 unspecified atom stereocenters. The van der Waals surface area contributed by atoms with Crippen molar-refractivity contribution in [1.29, 1.82) is 0 Å². The maximum atomic E-state index is 12.6. The molecular weight excluding hydrogens is 288 g/mol. The van der Waals surface area contributed by atoms with Crippen molar-refractivity contribution >= 4 is 10.0 Å². The van der Waals surface area contributed by atoms with Crippen LogP contribution in [0.5, 0.6) is 5.75 Å². The lowest BCUT2D eigenvalue weighted by Gasteiger charge is -2.19. The van der Waals surface area contributed by atoms with Crippen molar-refractivity contribution in [2.24, 2.45) is 0 Å². The van der Waals surface area contributed by atoms with E-state index in [0.717, 1.165) is 24.9 Å². The molecular formula is C15H26N2O3S. The van der Waals surface area contributed by atoms with Gasteiger partial charge in [-0.25, -0.2) is 12.7 Å². The number of nitrogens with zero attached hydrogens (tertiary/aromatic N) is 1. The zero-order valence-corrected chi connectivity index (χ0v) is 14.2. The Kier molecular flexibility index (Phi) is 7.14. The van der Waals surface area contributed by atoms with Gasteiger partial charge in [-0.15, -0.1) is 0 Å². The predicted octanol–water partition coefficient (Wildman–Crippen LogP) is 2.23. The van der Waals surface area contributed by atoms with E-state index in [1.54, 1.807) is 19.2 Å². The normalized spacial score (nSPS) is 11.9.